The van der Waals surface area contributed by atoms with Crippen LogP contribution in [0.1, 0.15) is 52.4 Å². The van der Waals surface area contributed by atoms with Gasteiger partial charge in [-0.1, -0.05) is 37.1 Å². The van der Waals surface area contributed by atoms with E-state index in [4.69, 9.17) is 18.9 Å². The van der Waals surface area contributed by atoms with Gasteiger partial charge in [0.1, 0.15) is 13.2 Å². The summed E-state index contributed by atoms with van der Waals surface area (Å²) in [7, 11) is 0. The fourth-order valence-electron chi connectivity index (χ4n) is 4.33. The van der Waals surface area contributed by atoms with E-state index >= 15 is 0 Å². The summed E-state index contributed by atoms with van der Waals surface area (Å²) >= 11 is 0. The standard InChI is InChI=1S/C28H36N2O6/c1-19(25-17-33-21-11-7-9-13-23(21)35-25)29-27(31)15-5-3-4-6-16-28(32)30-20(2)26-18-34-22-12-8-10-14-24(22)36-26/h7-14,19-20,25-26H,3-6,15-18H2,1-2H3,(H,29,31)(H,30,32)/t19-,20+,25-,26+. The Balaban J connectivity index is 1.05. The number of carbonyl (C=O) groups excluding carboxylic acids is 2. The summed E-state index contributed by atoms with van der Waals surface area (Å²) in [5.41, 5.74) is 0. The highest BCUT2D eigenvalue weighted by atomic mass is 16.6. The molecular formula is C28H36N2O6. The van der Waals surface area contributed by atoms with Gasteiger partial charge >= 0.3 is 0 Å². The molecular weight excluding hydrogens is 460 g/mol. The molecule has 8 nitrogen and oxygen atoms in total. The molecule has 0 aromatic heterocycles. The van der Waals surface area contributed by atoms with Gasteiger partial charge < -0.3 is 29.6 Å². The molecule has 2 aliphatic heterocycles. The second-order valence-electron chi connectivity index (χ2n) is 9.45. The Hall–Kier alpha value is -3.42. The van der Waals surface area contributed by atoms with Crippen molar-refractivity contribution in [2.45, 2.75) is 76.7 Å². The molecule has 0 aliphatic carbocycles. The maximum atomic E-state index is 12.3. The Morgan fingerprint density at radius 2 is 1.08 bits per heavy atom. The molecule has 0 unspecified atom stereocenters. The molecule has 8 heteroatoms. The van der Waals surface area contributed by atoms with E-state index in [9.17, 15) is 9.59 Å². The number of benzene rings is 2. The van der Waals surface area contributed by atoms with Crippen molar-refractivity contribution in [1.29, 1.82) is 0 Å². The average molecular weight is 497 g/mol. The number of hydrogen-bond acceptors (Lipinski definition) is 6. The molecule has 0 bridgehead atoms. The third-order valence-electron chi connectivity index (χ3n) is 6.51. The Morgan fingerprint density at radius 3 is 1.50 bits per heavy atom. The van der Waals surface area contributed by atoms with Gasteiger partial charge in [-0.15, -0.1) is 0 Å². The van der Waals surface area contributed by atoms with Gasteiger partial charge in [-0.2, -0.15) is 0 Å². The lowest BCUT2D eigenvalue weighted by Gasteiger charge is -2.30. The predicted molar refractivity (Wildman–Crippen MR) is 136 cm³/mol. The maximum absolute atomic E-state index is 12.3. The van der Waals surface area contributed by atoms with Gasteiger partial charge in [0, 0.05) is 12.8 Å². The van der Waals surface area contributed by atoms with Crippen molar-refractivity contribution in [3.63, 3.8) is 0 Å². The molecule has 2 amide bonds. The largest absolute Gasteiger partial charge is 0.486 e. The van der Waals surface area contributed by atoms with Crippen LogP contribution in [0.2, 0.25) is 0 Å². The fraction of sp³-hybridized carbons (Fsp3) is 0.500. The van der Waals surface area contributed by atoms with Crippen LogP contribution >= 0.6 is 0 Å². The molecule has 2 aromatic carbocycles. The van der Waals surface area contributed by atoms with Crippen LogP contribution in [0, 0.1) is 0 Å². The lowest BCUT2D eigenvalue weighted by atomic mass is 10.1. The van der Waals surface area contributed by atoms with Crippen molar-refractivity contribution in [2.24, 2.45) is 0 Å². The Kier molecular flexibility index (Phi) is 8.92. The molecule has 2 heterocycles. The third-order valence-corrected chi connectivity index (χ3v) is 6.51. The summed E-state index contributed by atoms with van der Waals surface area (Å²) in [4.78, 5) is 24.7. The summed E-state index contributed by atoms with van der Waals surface area (Å²) in [6, 6.07) is 14.8. The summed E-state index contributed by atoms with van der Waals surface area (Å²) in [5.74, 6) is 2.90. The van der Waals surface area contributed by atoms with Crippen LogP contribution in [0.4, 0.5) is 0 Å². The number of unbranched alkanes of at least 4 members (excludes halogenated alkanes) is 3. The minimum absolute atomic E-state index is 0.00722. The smallest absolute Gasteiger partial charge is 0.220 e. The van der Waals surface area contributed by atoms with Gasteiger partial charge in [0.15, 0.2) is 35.2 Å². The first-order valence-electron chi connectivity index (χ1n) is 12.9. The zero-order valence-electron chi connectivity index (χ0n) is 21.0. The van der Waals surface area contributed by atoms with E-state index in [1.165, 1.54) is 0 Å². The topological polar surface area (TPSA) is 95.1 Å². The number of rotatable bonds is 11. The monoisotopic (exact) mass is 496 g/mol. The number of hydrogen-bond donors (Lipinski definition) is 2. The van der Waals surface area contributed by atoms with Gasteiger partial charge in [-0.25, -0.2) is 0 Å². The second kappa shape index (κ2) is 12.5. The zero-order valence-corrected chi connectivity index (χ0v) is 21.0. The van der Waals surface area contributed by atoms with Crippen LogP contribution in [-0.2, 0) is 9.59 Å². The van der Waals surface area contributed by atoms with Crippen LogP contribution in [0.25, 0.3) is 0 Å². The van der Waals surface area contributed by atoms with E-state index in [1.54, 1.807) is 0 Å². The number of carbonyl (C=O) groups is 2. The van der Waals surface area contributed by atoms with E-state index in [0.29, 0.717) is 37.6 Å². The summed E-state index contributed by atoms with van der Waals surface area (Å²) in [6.07, 6.45) is 3.85. The predicted octanol–water partition coefficient (Wildman–Crippen LogP) is 4.02. The van der Waals surface area contributed by atoms with E-state index in [2.05, 4.69) is 10.6 Å². The molecule has 0 fully saturated rings. The van der Waals surface area contributed by atoms with Crippen molar-refractivity contribution >= 4 is 11.8 Å². The van der Waals surface area contributed by atoms with Gasteiger partial charge in [0.25, 0.3) is 0 Å². The number of fused-ring (bicyclic) bond motifs is 2. The highest BCUT2D eigenvalue weighted by Crippen LogP contribution is 2.32. The molecule has 2 N–H and O–H groups in total. The van der Waals surface area contributed by atoms with Gasteiger partial charge in [0.05, 0.1) is 12.1 Å². The van der Waals surface area contributed by atoms with Crippen molar-refractivity contribution in [3.05, 3.63) is 48.5 Å². The highest BCUT2D eigenvalue weighted by Gasteiger charge is 2.28. The first kappa shape index (κ1) is 25.7. The van der Waals surface area contributed by atoms with Crippen LogP contribution in [0.15, 0.2) is 48.5 Å². The van der Waals surface area contributed by atoms with Crippen molar-refractivity contribution in [3.8, 4) is 23.0 Å². The molecule has 2 aliphatic rings. The molecule has 0 saturated heterocycles. The zero-order chi connectivity index (χ0) is 25.3. The van der Waals surface area contributed by atoms with Crippen molar-refractivity contribution < 1.29 is 28.5 Å². The van der Waals surface area contributed by atoms with Gasteiger partial charge in [-0.05, 0) is 51.0 Å². The van der Waals surface area contributed by atoms with Gasteiger partial charge in [0.2, 0.25) is 11.8 Å². The fourth-order valence-corrected chi connectivity index (χ4v) is 4.33. The minimum Gasteiger partial charge on any atom is -0.486 e. The minimum atomic E-state index is -0.218. The van der Waals surface area contributed by atoms with E-state index in [1.807, 2.05) is 62.4 Å². The number of para-hydroxylation sites is 4. The van der Waals surface area contributed by atoms with Crippen LogP contribution in [0.5, 0.6) is 23.0 Å². The van der Waals surface area contributed by atoms with Crippen LogP contribution in [-0.4, -0.2) is 49.3 Å². The second-order valence-corrected chi connectivity index (χ2v) is 9.45. The van der Waals surface area contributed by atoms with E-state index < -0.39 is 0 Å². The Morgan fingerprint density at radius 1 is 0.694 bits per heavy atom. The normalized spacial score (nSPS) is 19.6. The van der Waals surface area contributed by atoms with Crippen LogP contribution in [0.3, 0.4) is 0 Å². The average Bonchev–Trinajstić information content (AvgIpc) is 2.90. The first-order chi connectivity index (χ1) is 17.5. The highest BCUT2D eigenvalue weighted by molar-refractivity contribution is 5.76. The third kappa shape index (κ3) is 7.06. The molecule has 4 atom stereocenters. The lowest BCUT2D eigenvalue weighted by Crippen LogP contribution is -2.48. The lowest BCUT2D eigenvalue weighted by molar-refractivity contribution is -0.123. The van der Waals surface area contributed by atoms with Crippen molar-refractivity contribution in [1.82, 2.24) is 10.6 Å². The van der Waals surface area contributed by atoms with E-state index in [0.717, 1.165) is 37.2 Å². The summed E-state index contributed by atoms with van der Waals surface area (Å²) < 4.78 is 23.4. The summed E-state index contributed by atoms with van der Waals surface area (Å²) in [5, 5.41) is 6.04. The van der Waals surface area contributed by atoms with E-state index in [-0.39, 0.29) is 36.1 Å². The molecule has 194 valence electrons. The Labute approximate surface area is 212 Å². The van der Waals surface area contributed by atoms with Gasteiger partial charge in [-0.3, -0.25) is 9.59 Å². The molecule has 0 spiro atoms. The number of nitrogens with one attached hydrogen (secondary N) is 2. The number of amides is 2. The SMILES string of the molecule is C[C@H](NC(=O)CCCCCCC(=O)N[C@H](C)[C@H]1COc2ccccc2O1)[C@@H]1COc2ccccc2O1. The first-order valence-corrected chi connectivity index (χ1v) is 12.9. The molecule has 0 saturated carbocycles. The molecule has 36 heavy (non-hydrogen) atoms. The quantitative estimate of drug-likeness (QED) is 0.457. The van der Waals surface area contributed by atoms with Crippen LogP contribution < -0.4 is 29.6 Å². The summed E-state index contributed by atoms with van der Waals surface area (Å²) in [6.45, 7) is 4.68. The number of ether oxygens (including phenoxy) is 4. The molecule has 2 aromatic rings. The van der Waals surface area contributed by atoms with Crippen molar-refractivity contribution in [2.75, 3.05) is 13.2 Å². The Bertz CT molecular complexity index is 947. The molecule has 0 radical (unpaired) electrons. The molecule has 4 rings (SSSR count). The maximum Gasteiger partial charge on any atom is 0.220 e.